The lowest BCUT2D eigenvalue weighted by Gasteiger charge is -2.39. The van der Waals surface area contributed by atoms with E-state index in [1.807, 2.05) is 48.5 Å². The van der Waals surface area contributed by atoms with E-state index in [9.17, 15) is 37.1 Å². The number of halogens is 4. The third-order valence-electron chi connectivity index (χ3n) is 9.62. The molecule has 1 fully saturated rings. The van der Waals surface area contributed by atoms with Gasteiger partial charge >= 0.3 is 12.1 Å². The monoisotopic (exact) mass is 728 g/mol. The molecule has 9 nitrogen and oxygen atoms in total. The van der Waals surface area contributed by atoms with Crippen LogP contribution in [0, 0.1) is 29.2 Å². The van der Waals surface area contributed by atoms with Gasteiger partial charge in [0, 0.05) is 18.0 Å². The molecule has 1 saturated carbocycles. The summed E-state index contributed by atoms with van der Waals surface area (Å²) in [5.74, 6) is -12.8. The maximum absolute atomic E-state index is 14.4. The van der Waals surface area contributed by atoms with Crippen LogP contribution in [0.15, 0.2) is 54.6 Å². The van der Waals surface area contributed by atoms with Crippen molar-refractivity contribution in [2.45, 2.75) is 95.5 Å². The first-order chi connectivity index (χ1) is 24.6. The average Bonchev–Trinajstić information content (AvgIpc) is 3.43. The second-order valence-corrected chi connectivity index (χ2v) is 14.3. The lowest BCUT2D eigenvalue weighted by molar-refractivity contribution is -0.162. The number of hydrogen-bond acceptors (Lipinski definition) is 8. The van der Waals surface area contributed by atoms with Gasteiger partial charge in [-0.1, -0.05) is 67.8 Å². The van der Waals surface area contributed by atoms with Crippen molar-refractivity contribution in [1.82, 2.24) is 4.90 Å². The number of nitrogens with zero attached hydrogens (tertiary/aromatic N) is 1. The zero-order valence-electron chi connectivity index (χ0n) is 29.5. The van der Waals surface area contributed by atoms with Gasteiger partial charge < -0.3 is 25.1 Å². The highest BCUT2D eigenvalue weighted by Crippen LogP contribution is 2.44. The van der Waals surface area contributed by atoms with Gasteiger partial charge in [0.2, 0.25) is 11.6 Å². The lowest BCUT2D eigenvalue weighted by atomic mass is 9.85. The van der Waals surface area contributed by atoms with Crippen LogP contribution in [0.3, 0.4) is 0 Å². The normalized spacial score (nSPS) is 17.0. The molecule has 5 rings (SSSR count). The maximum atomic E-state index is 14.4. The molecule has 3 aromatic carbocycles. The van der Waals surface area contributed by atoms with E-state index in [2.05, 4.69) is 0 Å². The number of aliphatic hydroxyl groups excluding tert-OH is 1. The first kappa shape index (κ1) is 38.7. The molecule has 280 valence electrons. The average molecular weight is 729 g/mol. The molecule has 0 bridgehead atoms. The van der Waals surface area contributed by atoms with Crippen molar-refractivity contribution in [3.63, 3.8) is 0 Å². The summed E-state index contributed by atoms with van der Waals surface area (Å²) < 4.78 is 72.8. The van der Waals surface area contributed by atoms with Crippen molar-refractivity contribution in [3.8, 4) is 16.9 Å². The Labute approximate surface area is 300 Å². The maximum Gasteiger partial charge on any atom is 0.410 e. The number of fused-ring (bicyclic) bond motifs is 3. The molecule has 2 unspecified atom stereocenters. The Morgan fingerprint density at radius 2 is 1.44 bits per heavy atom. The Kier molecular flexibility index (Phi) is 11.9. The van der Waals surface area contributed by atoms with Crippen LogP contribution in [0.1, 0.15) is 76.8 Å². The van der Waals surface area contributed by atoms with Gasteiger partial charge in [0.15, 0.2) is 23.2 Å². The van der Waals surface area contributed by atoms with Crippen LogP contribution in [0.2, 0.25) is 0 Å². The molecule has 2 aliphatic rings. The van der Waals surface area contributed by atoms with Crippen molar-refractivity contribution in [1.29, 1.82) is 0 Å². The molecule has 3 N–H and O–H groups in total. The third kappa shape index (κ3) is 8.25. The fourth-order valence-corrected chi connectivity index (χ4v) is 7.14. The number of aliphatic hydroxyl groups is 1. The summed E-state index contributed by atoms with van der Waals surface area (Å²) in [6, 6.07) is 12.0. The number of ketones is 1. The molecule has 0 saturated heterocycles. The van der Waals surface area contributed by atoms with E-state index in [-0.39, 0.29) is 18.6 Å². The van der Waals surface area contributed by atoms with Crippen LogP contribution in [-0.4, -0.2) is 70.9 Å². The lowest BCUT2D eigenvalue weighted by Crippen LogP contribution is -2.58. The van der Waals surface area contributed by atoms with Gasteiger partial charge in [-0.2, -0.15) is 8.78 Å². The van der Waals surface area contributed by atoms with E-state index >= 15 is 0 Å². The zero-order chi connectivity index (χ0) is 37.9. The summed E-state index contributed by atoms with van der Waals surface area (Å²) >= 11 is 0. The highest BCUT2D eigenvalue weighted by Gasteiger charge is 2.45. The molecule has 0 radical (unpaired) electrons. The molecule has 0 heterocycles. The van der Waals surface area contributed by atoms with Gasteiger partial charge in [-0.25, -0.2) is 13.6 Å². The first-order valence-corrected chi connectivity index (χ1v) is 17.4. The standard InChI is InChI=1S/C39H44F4N2O7/c1-21(35(47)31(34(44)37(48)52-39(2,3)4)30(46)20-50-36-32(42)28(40)18-29(41)33(36)43)45(22-12-6-5-7-13-22)38(49)51-19-27-25-16-10-8-14-23(25)24-15-9-11-17-26(24)27/h8-11,14-18,21-22,27,30-31,34,46H,5-7,12-13,19-20,44H2,1-4H3/t21-,30?,31+,34?/m0/s1. The molecule has 4 atom stereocenters. The van der Waals surface area contributed by atoms with E-state index < -0.39 is 89.2 Å². The fraction of sp³-hybridized carbons (Fsp3) is 0.462. The number of Topliss-reactive ketones (excluding diaryl/α,β-unsaturated/α-hetero) is 1. The molecule has 13 heteroatoms. The quantitative estimate of drug-likeness (QED) is 0.118. The summed E-state index contributed by atoms with van der Waals surface area (Å²) in [6.45, 7) is 4.95. The minimum absolute atomic E-state index is 0.0104. The SMILES string of the molecule is C[C@@H](C(=O)[C@H](C(O)COc1c(F)c(F)cc(F)c1F)C(N)C(=O)OC(C)(C)C)N(C(=O)OCC1c2ccccc2-c2ccccc21)C1CCCCC1. The summed E-state index contributed by atoms with van der Waals surface area (Å²) in [6.07, 6.45) is 0.741. The summed E-state index contributed by atoms with van der Waals surface area (Å²) in [4.78, 5) is 43.0. The Hall–Kier alpha value is -4.49. The second-order valence-electron chi connectivity index (χ2n) is 14.3. The number of rotatable bonds is 12. The van der Waals surface area contributed by atoms with Gasteiger partial charge in [0.05, 0.1) is 18.1 Å². The predicted molar refractivity (Wildman–Crippen MR) is 183 cm³/mol. The predicted octanol–water partition coefficient (Wildman–Crippen LogP) is 6.81. The van der Waals surface area contributed by atoms with Crippen molar-refractivity contribution >= 4 is 17.8 Å². The van der Waals surface area contributed by atoms with Gasteiger partial charge in [-0.05, 0) is 62.8 Å². The number of carbonyl (C=O) groups is 3. The van der Waals surface area contributed by atoms with Crippen molar-refractivity contribution < 1.29 is 51.3 Å². The molecule has 0 spiro atoms. The van der Waals surface area contributed by atoms with Crippen molar-refractivity contribution in [2.24, 2.45) is 11.7 Å². The Morgan fingerprint density at radius 3 is 1.98 bits per heavy atom. The zero-order valence-corrected chi connectivity index (χ0v) is 29.5. The fourth-order valence-electron chi connectivity index (χ4n) is 7.14. The number of nitrogens with two attached hydrogens (primary N) is 1. The minimum atomic E-state index is -2.06. The summed E-state index contributed by atoms with van der Waals surface area (Å²) in [5.41, 5.74) is 9.24. The Morgan fingerprint density at radius 1 is 0.904 bits per heavy atom. The van der Waals surface area contributed by atoms with E-state index in [0.29, 0.717) is 12.8 Å². The molecule has 2 aliphatic carbocycles. The molecule has 3 aromatic rings. The van der Waals surface area contributed by atoms with Gasteiger partial charge in [0.1, 0.15) is 24.9 Å². The molecular formula is C39H44F4N2O7. The van der Waals surface area contributed by atoms with Crippen LogP contribution in [0.25, 0.3) is 11.1 Å². The van der Waals surface area contributed by atoms with Crippen LogP contribution < -0.4 is 10.5 Å². The van der Waals surface area contributed by atoms with E-state index in [1.54, 1.807) is 20.8 Å². The highest BCUT2D eigenvalue weighted by atomic mass is 19.2. The highest BCUT2D eigenvalue weighted by molar-refractivity contribution is 5.94. The van der Waals surface area contributed by atoms with Crippen LogP contribution in [0.4, 0.5) is 22.4 Å². The number of amides is 1. The molecule has 0 aliphatic heterocycles. The van der Waals surface area contributed by atoms with E-state index in [0.717, 1.165) is 41.5 Å². The van der Waals surface area contributed by atoms with Crippen LogP contribution >= 0.6 is 0 Å². The smallest absolute Gasteiger partial charge is 0.410 e. The van der Waals surface area contributed by atoms with Crippen molar-refractivity contribution in [2.75, 3.05) is 13.2 Å². The van der Waals surface area contributed by atoms with Gasteiger partial charge in [-0.3, -0.25) is 14.5 Å². The number of ether oxygens (including phenoxy) is 3. The molecule has 0 aromatic heterocycles. The second kappa shape index (κ2) is 16.0. The summed E-state index contributed by atoms with van der Waals surface area (Å²) in [7, 11) is 0. The topological polar surface area (TPSA) is 128 Å². The van der Waals surface area contributed by atoms with Gasteiger partial charge in [0.25, 0.3) is 0 Å². The largest absolute Gasteiger partial charge is 0.485 e. The first-order valence-electron chi connectivity index (χ1n) is 17.4. The number of carbonyl (C=O) groups excluding carboxylic acids is 3. The molecular weight excluding hydrogens is 684 g/mol. The molecule has 52 heavy (non-hydrogen) atoms. The van der Waals surface area contributed by atoms with E-state index in [4.69, 9.17) is 19.9 Å². The number of esters is 1. The van der Waals surface area contributed by atoms with Crippen molar-refractivity contribution in [3.05, 3.63) is 89.0 Å². The van der Waals surface area contributed by atoms with Crippen LogP contribution in [-0.2, 0) is 19.1 Å². The minimum Gasteiger partial charge on any atom is -0.485 e. The number of hydrogen-bond donors (Lipinski definition) is 2. The molecule has 1 amide bonds. The Balaban J connectivity index is 1.42. The van der Waals surface area contributed by atoms with E-state index in [1.165, 1.54) is 11.8 Å². The number of benzene rings is 3. The van der Waals surface area contributed by atoms with Gasteiger partial charge in [-0.15, -0.1) is 0 Å². The third-order valence-corrected chi connectivity index (χ3v) is 9.62. The Bertz CT molecular complexity index is 1720. The summed E-state index contributed by atoms with van der Waals surface area (Å²) in [5, 5.41) is 11.3. The van der Waals surface area contributed by atoms with Crippen LogP contribution in [0.5, 0.6) is 5.75 Å².